The van der Waals surface area contributed by atoms with Crippen LogP contribution in [0.4, 0.5) is 0 Å². The first-order chi connectivity index (χ1) is 4.02. The van der Waals surface area contributed by atoms with Gasteiger partial charge >= 0.3 is 0 Å². The average molecular weight is 142 g/mol. The summed E-state index contributed by atoms with van der Waals surface area (Å²) in [6.45, 7) is 7.00. The summed E-state index contributed by atoms with van der Waals surface area (Å²) in [4.78, 5) is 0. The number of hydrogen-bond acceptors (Lipinski definition) is 2. The first-order valence-corrected chi connectivity index (χ1v) is 6.69. The molecule has 0 saturated heterocycles. The first kappa shape index (κ1) is 8.67. The maximum Gasteiger partial charge on any atom is 0.0656 e. The molecular formula is C6H14N2Si. The van der Waals surface area contributed by atoms with Crippen molar-refractivity contribution in [1.29, 1.82) is 5.26 Å². The minimum atomic E-state index is -1.27. The summed E-state index contributed by atoms with van der Waals surface area (Å²) >= 11 is 0. The van der Waals surface area contributed by atoms with Gasteiger partial charge < -0.3 is 5.73 Å². The van der Waals surface area contributed by atoms with E-state index in [0.717, 1.165) is 0 Å². The van der Waals surface area contributed by atoms with Gasteiger partial charge in [-0.3, -0.25) is 0 Å². The zero-order valence-electron chi connectivity index (χ0n) is 6.31. The van der Waals surface area contributed by atoms with Crippen molar-refractivity contribution in [3.63, 3.8) is 0 Å². The fourth-order valence-corrected chi connectivity index (χ4v) is 1.69. The molecule has 0 aromatic carbocycles. The predicted molar refractivity (Wildman–Crippen MR) is 41.8 cm³/mol. The molecule has 0 radical (unpaired) electrons. The Balaban J connectivity index is 4.00. The highest BCUT2D eigenvalue weighted by Gasteiger charge is 2.24. The van der Waals surface area contributed by atoms with Crippen molar-refractivity contribution in [1.82, 2.24) is 0 Å². The van der Waals surface area contributed by atoms with E-state index in [4.69, 9.17) is 11.0 Å². The molecule has 3 heteroatoms. The van der Waals surface area contributed by atoms with Gasteiger partial charge in [0.2, 0.25) is 0 Å². The van der Waals surface area contributed by atoms with Crippen LogP contribution in [0.15, 0.2) is 0 Å². The fourth-order valence-electron chi connectivity index (χ4n) is 0.600. The minimum absolute atomic E-state index is 0.123. The van der Waals surface area contributed by atoms with Crippen molar-refractivity contribution in [2.75, 3.05) is 6.54 Å². The van der Waals surface area contributed by atoms with Crippen molar-refractivity contribution in [3.05, 3.63) is 0 Å². The molecule has 0 saturated carbocycles. The van der Waals surface area contributed by atoms with Crippen molar-refractivity contribution in [2.45, 2.75) is 25.2 Å². The van der Waals surface area contributed by atoms with Crippen molar-refractivity contribution >= 4 is 8.07 Å². The molecular weight excluding hydrogens is 128 g/mol. The highest BCUT2D eigenvalue weighted by atomic mass is 28.3. The Morgan fingerprint density at radius 2 is 2.00 bits per heavy atom. The molecule has 1 unspecified atom stereocenters. The molecule has 52 valence electrons. The second-order valence-electron chi connectivity index (χ2n) is 3.28. The van der Waals surface area contributed by atoms with Gasteiger partial charge in [-0.05, 0) is 0 Å². The van der Waals surface area contributed by atoms with E-state index >= 15 is 0 Å². The van der Waals surface area contributed by atoms with Gasteiger partial charge in [-0.25, -0.2) is 0 Å². The van der Waals surface area contributed by atoms with Gasteiger partial charge in [0.25, 0.3) is 0 Å². The summed E-state index contributed by atoms with van der Waals surface area (Å²) in [5.74, 6) is 0. The topological polar surface area (TPSA) is 49.8 Å². The molecule has 9 heavy (non-hydrogen) atoms. The van der Waals surface area contributed by atoms with Crippen LogP contribution in [0.2, 0.25) is 25.2 Å². The van der Waals surface area contributed by atoms with E-state index in [2.05, 4.69) is 25.7 Å². The van der Waals surface area contributed by atoms with Crippen molar-refractivity contribution in [2.24, 2.45) is 5.73 Å². The first-order valence-electron chi connectivity index (χ1n) is 3.12. The van der Waals surface area contributed by atoms with Gasteiger partial charge in [0.05, 0.1) is 19.7 Å². The van der Waals surface area contributed by atoms with Gasteiger partial charge in [0, 0.05) is 6.54 Å². The third-order valence-corrected chi connectivity index (χ3v) is 3.89. The molecule has 0 aliphatic heterocycles. The summed E-state index contributed by atoms with van der Waals surface area (Å²) in [6.07, 6.45) is 0. The lowest BCUT2D eigenvalue weighted by atomic mass is 10.5. The Bertz CT molecular complexity index is 120. The molecule has 0 aromatic heterocycles. The molecule has 2 N–H and O–H groups in total. The van der Waals surface area contributed by atoms with Crippen LogP contribution < -0.4 is 5.73 Å². The highest BCUT2D eigenvalue weighted by Crippen LogP contribution is 2.18. The largest absolute Gasteiger partial charge is 0.329 e. The molecule has 0 fully saturated rings. The number of nitrogens with zero attached hydrogens (tertiary/aromatic N) is 1. The van der Waals surface area contributed by atoms with Crippen LogP contribution in [0.5, 0.6) is 0 Å². The van der Waals surface area contributed by atoms with Crippen LogP contribution in [0, 0.1) is 11.3 Å². The summed E-state index contributed by atoms with van der Waals surface area (Å²) in [7, 11) is -1.27. The molecule has 0 rings (SSSR count). The summed E-state index contributed by atoms with van der Waals surface area (Å²) < 4.78 is 0. The molecule has 0 heterocycles. The third kappa shape index (κ3) is 2.63. The SMILES string of the molecule is C[Si](C)(C)C(C#N)CN. The second kappa shape index (κ2) is 2.99. The smallest absolute Gasteiger partial charge is 0.0656 e. The second-order valence-corrected chi connectivity index (χ2v) is 8.71. The normalized spacial score (nSPS) is 14.6. The number of rotatable bonds is 2. The third-order valence-electron chi connectivity index (χ3n) is 1.44. The van der Waals surface area contributed by atoms with Crippen molar-refractivity contribution < 1.29 is 0 Å². The summed E-state index contributed by atoms with van der Waals surface area (Å²) in [5.41, 5.74) is 5.50. The summed E-state index contributed by atoms with van der Waals surface area (Å²) in [6, 6.07) is 2.23. The van der Waals surface area contributed by atoms with E-state index in [1.807, 2.05) is 0 Å². The molecule has 0 aromatic rings. The van der Waals surface area contributed by atoms with Crippen LogP contribution in [0.3, 0.4) is 0 Å². The Hall–Kier alpha value is -0.333. The zero-order chi connectivity index (χ0) is 7.49. The molecule has 0 spiro atoms. The lowest BCUT2D eigenvalue weighted by molar-refractivity contribution is 0.971. The van der Waals surface area contributed by atoms with E-state index in [1.54, 1.807) is 0 Å². The maximum absolute atomic E-state index is 8.57. The number of nitriles is 1. The van der Waals surface area contributed by atoms with E-state index in [1.165, 1.54) is 0 Å². The molecule has 1 atom stereocenters. The lowest BCUT2D eigenvalue weighted by Crippen LogP contribution is -2.32. The van der Waals surface area contributed by atoms with Gasteiger partial charge in [-0.2, -0.15) is 5.26 Å². The Morgan fingerprint density at radius 1 is 1.56 bits per heavy atom. The Morgan fingerprint density at radius 3 is 2.00 bits per heavy atom. The van der Waals surface area contributed by atoms with Crippen LogP contribution in [0.25, 0.3) is 0 Å². The molecule has 0 bridgehead atoms. The zero-order valence-corrected chi connectivity index (χ0v) is 7.31. The van der Waals surface area contributed by atoms with Crippen LogP contribution in [-0.2, 0) is 0 Å². The Kier molecular flexibility index (Phi) is 2.88. The minimum Gasteiger partial charge on any atom is -0.329 e. The van der Waals surface area contributed by atoms with Crippen LogP contribution in [0.1, 0.15) is 0 Å². The monoisotopic (exact) mass is 142 g/mol. The van der Waals surface area contributed by atoms with E-state index in [0.29, 0.717) is 6.54 Å². The van der Waals surface area contributed by atoms with Crippen LogP contribution in [-0.4, -0.2) is 14.6 Å². The Labute approximate surface area is 57.7 Å². The predicted octanol–water partition coefficient (Wildman–Crippen LogP) is 1.18. The summed E-state index contributed by atoms with van der Waals surface area (Å²) in [5, 5.41) is 8.57. The quantitative estimate of drug-likeness (QED) is 0.588. The molecule has 0 aliphatic carbocycles. The molecule has 0 amide bonds. The van der Waals surface area contributed by atoms with Gasteiger partial charge in [-0.1, -0.05) is 19.6 Å². The van der Waals surface area contributed by atoms with Gasteiger partial charge in [0.1, 0.15) is 0 Å². The van der Waals surface area contributed by atoms with Crippen LogP contribution >= 0.6 is 0 Å². The van der Waals surface area contributed by atoms with E-state index < -0.39 is 8.07 Å². The van der Waals surface area contributed by atoms with Gasteiger partial charge in [0.15, 0.2) is 0 Å². The maximum atomic E-state index is 8.57. The fraction of sp³-hybridized carbons (Fsp3) is 0.833. The standard InChI is InChI=1S/C6H14N2Si/c1-9(2,3)6(4-7)5-8/h6H,4,7H2,1-3H3. The number of hydrogen-bond donors (Lipinski definition) is 1. The lowest BCUT2D eigenvalue weighted by Gasteiger charge is -2.20. The van der Waals surface area contributed by atoms with Crippen molar-refractivity contribution in [3.8, 4) is 6.07 Å². The number of nitrogens with two attached hydrogens (primary N) is 1. The van der Waals surface area contributed by atoms with E-state index in [-0.39, 0.29) is 5.54 Å². The van der Waals surface area contributed by atoms with Gasteiger partial charge in [-0.15, -0.1) is 0 Å². The molecule has 0 aliphatic rings. The highest BCUT2D eigenvalue weighted by molar-refractivity contribution is 6.78. The molecule has 2 nitrogen and oxygen atoms in total. The average Bonchev–Trinajstić information content (AvgIpc) is 1.65. The van der Waals surface area contributed by atoms with E-state index in [9.17, 15) is 0 Å².